The van der Waals surface area contributed by atoms with Crippen molar-refractivity contribution in [1.29, 1.82) is 0 Å². The lowest BCUT2D eigenvalue weighted by molar-refractivity contribution is -0.169. The van der Waals surface area contributed by atoms with Crippen LogP contribution in [-0.4, -0.2) is 104 Å². The van der Waals surface area contributed by atoms with E-state index < -0.39 is 75.5 Å². The summed E-state index contributed by atoms with van der Waals surface area (Å²) in [6.45, 7) is 8.89. The minimum absolute atomic E-state index is 0.0288. The van der Waals surface area contributed by atoms with Gasteiger partial charge < -0.3 is 36.2 Å². The van der Waals surface area contributed by atoms with Crippen LogP contribution < -0.4 is 5.73 Å². The number of carbonyl (C=O) groups is 3. The summed E-state index contributed by atoms with van der Waals surface area (Å²) in [5.74, 6) is -8.76. The maximum Gasteiger partial charge on any atom is 0.255 e. The molecule has 1 saturated heterocycles. The average Bonchev–Trinajstić information content (AvgIpc) is 3.43. The molecule has 0 radical (unpaired) electrons. The van der Waals surface area contributed by atoms with E-state index in [1.165, 1.54) is 31.8 Å². The van der Waals surface area contributed by atoms with Crippen LogP contribution in [0.1, 0.15) is 69.1 Å². The molecule has 0 aromatic heterocycles. The summed E-state index contributed by atoms with van der Waals surface area (Å²) >= 11 is 0. The van der Waals surface area contributed by atoms with E-state index >= 15 is 0 Å². The molecule has 1 heterocycles. The highest BCUT2D eigenvalue weighted by Crippen LogP contribution is 2.57. The number of carbonyl (C=O) groups excluding carboxylic acids is 3. The molecule has 1 aromatic carbocycles. The van der Waals surface area contributed by atoms with Gasteiger partial charge in [-0.1, -0.05) is 32.9 Å². The molecule has 4 aliphatic rings. The molecule has 1 saturated carbocycles. The molecule has 7 N–H and O–H groups in total. The molecule has 1 aliphatic heterocycles. The first kappa shape index (κ1) is 31.2. The molecule has 11 heteroatoms. The first-order valence-electron chi connectivity index (χ1n) is 15.0. The summed E-state index contributed by atoms with van der Waals surface area (Å²) in [7, 11) is 2.96. The maximum absolute atomic E-state index is 14.2. The standard InChI is InChI=1S/C32H43N3O8/c1-15-16-9-10-17(31(2,3)11-8-14-35-12-6-7-13-35)24(36)19(16)25(37)20-18(15)26(38)22-23(34(4)5)27(39)21(30(33)42)29(41)32(22,43)28(20)40/h9-10,15,18,22-23,26,36-38,41,43H,6-8,11-14H2,1-5H3,(H2,33,42)/t15-,18+,22+,23-,26-,32-/m0/s1. The fourth-order valence-corrected chi connectivity index (χ4v) is 8.05. The van der Waals surface area contributed by atoms with Gasteiger partial charge in [-0.05, 0) is 76.3 Å². The zero-order valence-corrected chi connectivity index (χ0v) is 25.4. The van der Waals surface area contributed by atoms with Crippen molar-refractivity contribution in [2.45, 2.75) is 75.5 Å². The largest absolute Gasteiger partial charge is 0.508 e. The highest BCUT2D eigenvalue weighted by atomic mass is 16.4. The zero-order valence-electron chi connectivity index (χ0n) is 25.4. The fourth-order valence-electron chi connectivity index (χ4n) is 8.05. The molecule has 0 spiro atoms. The molecule has 3 aliphatic carbocycles. The number of Topliss-reactive ketones (excluding diaryl/α,β-unsaturated/α-hetero) is 2. The van der Waals surface area contributed by atoms with E-state index in [4.69, 9.17) is 5.73 Å². The summed E-state index contributed by atoms with van der Waals surface area (Å²) in [6.07, 6.45) is 2.47. The number of nitrogens with zero attached hydrogens (tertiary/aromatic N) is 2. The van der Waals surface area contributed by atoms with Crippen LogP contribution in [0.4, 0.5) is 0 Å². The minimum Gasteiger partial charge on any atom is -0.508 e. The van der Waals surface area contributed by atoms with Gasteiger partial charge in [0.05, 0.1) is 23.6 Å². The van der Waals surface area contributed by atoms with Crippen molar-refractivity contribution in [3.63, 3.8) is 0 Å². The molecule has 6 atom stereocenters. The van der Waals surface area contributed by atoms with Crippen LogP contribution in [0.15, 0.2) is 29.0 Å². The van der Waals surface area contributed by atoms with Crippen LogP contribution in [0, 0.1) is 11.8 Å². The van der Waals surface area contributed by atoms with Gasteiger partial charge in [-0.3, -0.25) is 19.3 Å². The second-order valence-corrected chi connectivity index (χ2v) is 13.5. The monoisotopic (exact) mass is 597 g/mol. The first-order valence-corrected chi connectivity index (χ1v) is 15.0. The number of fused-ring (bicyclic) bond motifs is 3. The predicted molar refractivity (Wildman–Crippen MR) is 158 cm³/mol. The number of amides is 1. The Hall–Kier alpha value is -3.25. The number of likely N-dealkylation sites (tertiary alicyclic amines) is 1. The highest BCUT2D eigenvalue weighted by molar-refractivity contribution is 6.24. The first-order chi connectivity index (χ1) is 20.1. The Morgan fingerprint density at radius 3 is 2.35 bits per heavy atom. The van der Waals surface area contributed by atoms with E-state index in [1.54, 1.807) is 13.0 Å². The van der Waals surface area contributed by atoms with Crippen LogP contribution in [0.2, 0.25) is 0 Å². The van der Waals surface area contributed by atoms with Gasteiger partial charge in [-0.15, -0.1) is 0 Å². The van der Waals surface area contributed by atoms with Gasteiger partial charge in [0, 0.05) is 17.1 Å². The summed E-state index contributed by atoms with van der Waals surface area (Å²) in [4.78, 5) is 43.5. The SMILES string of the molecule is C[C@H]1c2ccc(C(C)(C)CCCN3CCCC3)c(O)c2C(O)=C2C(=O)[C@]3(O)C(O)=C(C(N)=O)C(=O)[C@@H](N(C)C)[C@@H]3[C@@H](O)[C@@H]21. The van der Waals surface area contributed by atoms with Gasteiger partial charge in [0.15, 0.2) is 11.4 Å². The van der Waals surface area contributed by atoms with Crippen molar-refractivity contribution in [3.05, 3.63) is 45.7 Å². The molecular weight excluding hydrogens is 554 g/mol. The Balaban J connectivity index is 1.62. The normalized spacial score (nSPS) is 31.4. The third kappa shape index (κ3) is 4.51. The van der Waals surface area contributed by atoms with Crippen LogP contribution in [0.3, 0.4) is 0 Å². The molecule has 43 heavy (non-hydrogen) atoms. The predicted octanol–water partition coefficient (Wildman–Crippen LogP) is 1.65. The second kappa shape index (κ2) is 10.7. The number of phenols is 1. The number of phenolic OH excluding ortho intramolecular Hbond substituents is 1. The molecule has 234 valence electrons. The number of ketones is 2. The highest BCUT2D eigenvalue weighted by Gasteiger charge is 2.68. The Bertz CT molecular complexity index is 1440. The van der Waals surface area contributed by atoms with Gasteiger partial charge >= 0.3 is 0 Å². The molecular formula is C32H43N3O8. The Kier molecular flexibility index (Phi) is 7.78. The van der Waals surface area contributed by atoms with Crippen molar-refractivity contribution >= 4 is 23.2 Å². The molecule has 11 nitrogen and oxygen atoms in total. The van der Waals surface area contributed by atoms with E-state index in [-0.39, 0.29) is 16.9 Å². The van der Waals surface area contributed by atoms with Crippen molar-refractivity contribution in [2.24, 2.45) is 17.6 Å². The Labute approximate surface area is 251 Å². The molecule has 1 aromatic rings. The molecule has 2 fully saturated rings. The van der Waals surface area contributed by atoms with Gasteiger partial charge in [0.2, 0.25) is 5.78 Å². The van der Waals surface area contributed by atoms with Crippen LogP contribution in [0.5, 0.6) is 5.75 Å². The smallest absolute Gasteiger partial charge is 0.255 e. The number of hydrogen-bond donors (Lipinski definition) is 6. The quantitative estimate of drug-likeness (QED) is 0.253. The number of nitrogens with two attached hydrogens (primary N) is 1. The molecule has 5 rings (SSSR count). The van der Waals surface area contributed by atoms with E-state index in [0.29, 0.717) is 11.1 Å². The van der Waals surface area contributed by atoms with Gasteiger partial charge in [0.1, 0.15) is 22.8 Å². The lowest BCUT2D eigenvalue weighted by Gasteiger charge is -2.53. The number of benzene rings is 1. The molecule has 0 bridgehead atoms. The molecule has 0 unspecified atom stereocenters. The van der Waals surface area contributed by atoms with Crippen molar-refractivity contribution in [2.75, 3.05) is 33.7 Å². The van der Waals surface area contributed by atoms with E-state index in [0.717, 1.165) is 32.5 Å². The lowest BCUT2D eigenvalue weighted by Crippen LogP contribution is -2.70. The summed E-state index contributed by atoms with van der Waals surface area (Å²) in [6, 6.07) is 2.21. The van der Waals surface area contributed by atoms with Gasteiger partial charge in [-0.25, -0.2) is 0 Å². The second-order valence-electron chi connectivity index (χ2n) is 13.5. The number of aromatic hydroxyl groups is 1. The van der Waals surface area contributed by atoms with Crippen LogP contribution >= 0.6 is 0 Å². The number of primary amides is 1. The van der Waals surface area contributed by atoms with Crippen molar-refractivity contribution in [1.82, 2.24) is 9.80 Å². The number of likely N-dealkylation sites (N-methyl/N-ethyl adjacent to an activating group) is 1. The maximum atomic E-state index is 14.2. The molecule has 1 amide bonds. The van der Waals surface area contributed by atoms with E-state index in [9.17, 15) is 39.9 Å². The van der Waals surface area contributed by atoms with E-state index in [2.05, 4.69) is 4.90 Å². The fraction of sp³-hybridized carbons (Fsp3) is 0.594. The minimum atomic E-state index is -2.92. The van der Waals surface area contributed by atoms with E-state index in [1.807, 2.05) is 19.9 Å². The number of rotatable bonds is 7. The average molecular weight is 598 g/mol. The third-order valence-electron chi connectivity index (χ3n) is 10.3. The van der Waals surface area contributed by atoms with Crippen LogP contribution in [0.25, 0.3) is 5.76 Å². The van der Waals surface area contributed by atoms with Gasteiger partial charge in [-0.2, -0.15) is 0 Å². The van der Waals surface area contributed by atoms with Crippen molar-refractivity contribution in [3.8, 4) is 5.75 Å². The summed E-state index contributed by atoms with van der Waals surface area (Å²) in [5, 5.41) is 58.0. The number of aliphatic hydroxyl groups is 4. The lowest BCUT2D eigenvalue weighted by atomic mass is 9.54. The Morgan fingerprint density at radius 1 is 1.14 bits per heavy atom. The van der Waals surface area contributed by atoms with Crippen LogP contribution in [-0.2, 0) is 19.8 Å². The Morgan fingerprint density at radius 2 is 1.77 bits per heavy atom. The van der Waals surface area contributed by atoms with Gasteiger partial charge in [0.25, 0.3) is 5.91 Å². The number of hydrogen-bond acceptors (Lipinski definition) is 10. The number of aliphatic hydroxyl groups excluding tert-OH is 3. The summed E-state index contributed by atoms with van der Waals surface area (Å²) in [5.41, 5.74) is 1.78. The zero-order chi connectivity index (χ0) is 31.8. The van der Waals surface area contributed by atoms with Crippen molar-refractivity contribution < 1.29 is 39.9 Å². The third-order valence-corrected chi connectivity index (χ3v) is 10.3. The topological polar surface area (TPSA) is 185 Å². The summed E-state index contributed by atoms with van der Waals surface area (Å²) < 4.78 is 0.